The van der Waals surface area contributed by atoms with E-state index in [1.807, 2.05) is 0 Å². The molecule has 1 unspecified atom stereocenters. The van der Waals surface area contributed by atoms with Crippen molar-refractivity contribution in [1.82, 2.24) is 0 Å². The van der Waals surface area contributed by atoms with Crippen LogP contribution in [0.2, 0.25) is 0 Å². The topological polar surface area (TPSA) is 29.5 Å². The standard InChI is InChI=1S/C5H10O2.Y/c6-5-3-1-2-4-7-5;/h5-6H,1-4H2;. The molecule has 0 aromatic rings. The number of ether oxygens (including phenoxy) is 1. The molecule has 0 aromatic heterocycles. The van der Waals surface area contributed by atoms with Gasteiger partial charge < -0.3 is 9.84 Å². The molecule has 1 aliphatic rings. The Balaban J connectivity index is 0.000000490. The fourth-order valence-corrected chi connectivity index (χ4v) is 0.724. The van der Waals surface area contributed by atoms with Gasteiger partial charge in [-0.05, 0) is 19.3 Å². The largest absolute Gasteiger partial charge is 0.368 e. The van der Waals surface area contributed by atoms with Crippen LogP contribution in [0.4, 0.5) is 0 Å². The summed E-state index contributed by atoms with van der Waals surface area (Å²) in [5.41, 5.74) is 0. The molecular formula is C5H10O2Y. The zero-order chi connectivity index (χ0) is 5.11. The van der Waals surface area contributed by atoms with Crippen LogP contribution in [-0.2, 0) is 37.4 Å². The monoisotopic (exact) mass is 191 g/mol. The van der Waals surface area contributed by atoms with Crippen LogP contribution in [0, 0.1) is 0 Å². The molecule has 2 nitrogen and oxygen atoms in total. The third-order valence-corrected chi connectivity index (χ3v) is 1.16. The van der Waals surface area contributed by atoms with Crippen LogP contribution in [-0.4, -0.2) is 18.0 Å². The summed E-state index contributed by atoms with van der Waals surface area (Å²) < 4.78 is 4.83. The predicted octanol–water partition coefficient (Wildman–Crippen LogP) is 0.503. The average Bonchev–Trinajstić information content (AvgIpc) is 1.69. The Morgan fingerprint density at radius 2 is 2.12 bits per heavy atom. The van der Waals surface area contributed by atoms with Gasteiger partial charge in [-0.1, -0.05) is 0 Å². The molecule has 3 heteroatoms. The van der Waals surface area contributed by atoms with Crippen molar-refractivity contribution in [1.29, 1.82) is 0 Å². The van der Waals surface area contributed by atoms with E-state index in [9.17, 15) is 0 Å². The minimum atomic E-state index is -0.464. The Morgan fingerprint density at radius 1 is 1.38 bits per heavy atom. The molecule has 1 N–H and O–H groups in total. The molecule has 0 spiro atoms. The Labute approximate surface area is 74.5 Å². The van der Waals surface area contributed by atoms with Crippen LogP contribution in [0.15, 0.2) is 0 Å². The van der Waals surface area contributed by atoms with Gasteiger partial charge in [-0.15, -0.1) is 0 Å². The van der Waals surface area contributed by atoms with Crippen LogP contribution in [0.25, 0.3) is 0 Å². The fourth-order valence-electron chi connectivity index (χ4n) is 0.724. The third kappa shape index (κ3) is 3.13. The second-order valence-corrected chi connectivity index (χ2v) is 1.82. The number of rotatable bonds is 0. The summed E-state index contributed by atoms with van der Waals surface area (Å²) in [5, 5.41) is 8.69. The molecule has 0 aliphatic carbocycles. The predicted molar refractivity (Wildman–Crippen MR) is 25.8 cm³/mol. The molecule has 1 heterocycles. The molecule has 8 heavy (non-hydrogen) atoms. The van der Waals surface area contributed by atoms with Crippen LogP contribution < -0.4 is 0 Å². The second-order valence-electron chi connectivity index (χ2n) is 1.82. The normalized spacial score (nSPS) is 28.9. The van der Waals surface area contributed by atoms with E-state index < -0.39 is 6.29 Å². The average molecular weight is 191 g/mol. The van der Waals surface area contributed by atoms with Crippen LogP contribution in [0.1, 0.15) is 19.3 Å². The Kier molecular flexibility index (Phi) is 5.48. The van der Waals surface area contributed by atoms with Crippen molar-refractivity contribution in [2.45, 2.75) is 25.6 Å². The Hall–Kier alpha value is 1.02. The smallest absolute Gasteiger partial charge is 0.154 e. The summed E-state index contributed by atoms with van der Waals surface area (Å²) in [5.74, 6) is 0. The summed E-state index contributed by atoms with van der Waals surface area (Å²) in [6.45, 7) is 0.737. The Morgan fingerprint density at radius 3 is 2.38 bits per heavy atom. The van der Waals surface area contributed by atoms with Gasteiger partial charge in [0, 0.05) is 39.3 Å². The van der Waals surface area contributed by atoms with Crippen molar-refractivity contribution in [3.63, 3.8) is 0 Å². The van der Waals surface area contributed by atoms with Crippen molar-refractivity contribution < 1.29 is 42.6 Å². The summed E-state index contributed by atoms with van der Waals surface area (Å²) in [6, 6.07) is 0. The van der Waals surface area contributed by atoms with Gasteiger partial charge in [0.1, 0.15) is 0 Å². The molecule has 45 valence electrons. The molecule has 1 radical (unpaired) electrons. The molecule has 0 bridgehead atoms. The second kappa shape index (κ2) is 4.86. The van der Waals surface area contributed by atoms with Gasteiger partial charge in [0.2, 0.25) is 0 Å². The summed E-state index contributed by atoms with van der Waals surface area (Å²) in [6.07, 6.45) is 2.58. The number of aliphatic hydroxyl groups is 1. The molecule has 0 amide bonds. The fraction of sp³-hybridized carbons (Fsp3) is 1.00. The molecule has 1 atom stereocenters. The van der Waals surface area contributed by atoms with Crippen LogP contribution in [0.5, 0.6) is 0 Å². The van der Waals surface area contributed by atoms with Gasteiger partial charge in [-0.25, -0.2) is 0 Å². The van der Waals surface area contributed by atoms with Gasteiger partial charge >= 0.3 is 0 Å². The Bertz CT molecular complexity index is 52.4. The van der Waals surface area contributed by atoms with Crippen molar-refractivity contribution in [3.05, 3.63) is 0 Å². The molecule has 1 saturated heterocycles. The van der Waals surface area contributed by atoms with E-state index in [0.29, 0.717) is 0 Å². The zero-order valence-corrected chi connectivity index (χ0v) is 7.68. The molecule has 1 rings (SSSR count). The maximum absolute atomic E-state index is 8.69. The number of hydrogen-bond acceptors (Lipinski definition) is 2. The SMILES string of the molecule is OC1CCCCO1.[Y]. The van der Waals surface area contributed by atoms with E-state index >= 15 is 0 Å². The first-order chi connectivity index (χ1) is 3.39. The van der Waals surface area contributed by atoms with E-state index in [4.69, 9.17) is 9.84 Å². The third-order valence-electron chi connectivity index (χ3n) is 1.16. The summed E-state index contributed by atoms with van der Waals surface area (Å²) in [7, 11) is 0. The minimum absolute atomic E-state index is 0. The summed E-state index contributed by atoms with van der Waals surface area (Å²) >= 11 is 0. The first-order valence-corrected chi connectivity index (χ1v) is 2.69. The maximum Gasteiger partial charge on any atom is 0.154 e. The van der Waals surface area contributed by atoms with E-state index in [-0.39, 0.29) is 32.7 Å². The first kappa shape index (κ1) is 9.02. The zero-order valence-electron chi connectivity index (χ0n) is 4.84. The van der Waals surface area contributed by atoms with Crippen molar-refractivity contribution >= 4 is 0 Å². The molecule has 1 fully saturated rings. The maximum atomic E-state index is 8.69. The minimum Gasteiger partial charge on any atom is -0.368 e. The number of aliphatic hydroxyl groups excluding tert-OH is 1. The van der Waals surface area contributed by atoms with Crippen LogP contribution in [0.3, 0.4) is 0 Å². The van der Waals surface area contributed by atoms with Gasteiger partial charge in [0.05, 0.1) is 0 Å². The molecule has 0 saturated carbocycles. The van der Waals surface area contributed by atoms with E-state index in [2.05, 4.69) is 0 Å². The van der Waals surface area contributed by atoms with Crippen LogP contribution >= 0.6 is 0 Å². The molecular weight excluding hydrogens is 181 g/mol. The summed E-state index contributed by atoms with van der Waals surface area (Å²) in [4.78, 5) is 0. The van der Waals surface area contributed by atoms with Gasteiger partial charge in [-0.2, -0.15) is 0 Å². The van der Waals surface area contributed by atoms with E-state index in [1.54, 1.807) is 0 Å². The quantitative estimate of drug-likeness (QED) is 0.604. The van der Waals surface area contributed by atoms with Gasteiger partial charge in [-0.3, -0.25) is 0 Å². The van der Waals surface area contributed by atoms with Crippen molar-refractivity contribution in [2.24, 2.45) is 0 Å². The van der Waals surface area contributed by atoms with E-state index in [0.717, 1.165) is 25.9 Å². The molecule has 0 aromatic carbocycles. The van der Waals surface area contributed by atoms with Gasteiger partial charge in [0.25, 0.3) is 0 Å². The number of hydrogen-bond donors (Lipinski definition) is 1. The van der Waals surface area contributed by atoms with Crippen molar-refractivity contribution in [3.8, 4) is 0 Å². The van der Waals surface area contributed by atoms with Gasteiger partial charge in [0.15, 0.2) is 6.29 Å². The van der Waals surface area contributed by atoms with Crippen molar-refractivity contribution in [2.75, 3.05) is 6.61 Å². The first-order valence-electron chi connectivity index (χ1n) is 2.69. The van der Waals surface area contributed by atoms with E-state index in [1.165, 1.54) is 0 Å². The molecule has 1 aliphatic heterocycles.